The fourth-order valence-corrected chi connectivity index (χ4v) is 5.11. The maximum Gasteiger partial charge on any atom is 0.274 e. The molecule has 0 spiro atoms. The third kappa shape index (κ3) is 3.96. The summed E-state index contributed by atoms with van der Waals surface area (Å²) in [5, 5.41) is 6.84. The molecule has 31 heavy (non-hydrogen) atoms. The highest BCUT2D eigenvalue weighted by Gasteiger charge is 2.23. The average Bonchev–Trinajstić information content (AvgIpc) is 3.20. The number of rotatable bonds is 4. The van der Waals surface area contributed by atoms with Gasteiger partial charge in [-0.25, -0.2) is 9.67 Å². The number of hydrogen-bond donors (Lipinski definition) is 0. The lowest BCUT2D eigenvalue weighted by molar-refractivity contribution is -0.132. The summed E-state index contributed by atoms with van der Waals surface area (Å²) in [6.07, 6.45) is 0.201. The quantitative estimate of drug-likeness (QED) is 0.494. The predicted octanol–water partition coefficient (Wildman–Crippen LogP) is 2.43. The number of amides is 1. The molecule has 0 bridgehead atoms. The second kappa shape index (κ2) is 8.20. The molecule has 0 N–H and O–H groups in total. The van der Waals surface area contributed by atoms with Gasteiger partial charge in [-0.2, -0.15) is 5.10 Å². The third-order valence-electron chi connectivity index (χ3n) is 5.77. The largest absolute Gasteiger partial charge is 0.340 e. The van der Waals surface area contributed by atoms with Gasteiger partial charge < -0.3 is 4.90 Å². The zero-order chi connectivity index (χ0) is 21.4. The molecule has 1 aliphatic rings. The minimum absolute atomic E-state index is 0.0518. The monoisotopic (exact) mass is 433 g/mol. The molecule has 1 aliphatic heterocycles. The van der Waals surface area contributed by atoms with Crippen LogP contribution in [0, 0.1) is 0 Å². The minimum atomic E-state index is -0.143. The maximum absolute atomic E-state index is 13.0. The summed E-state index contributed by atoms with van der Waals surface area (Å²) in [6, 6.07) is 15.6. The van der Waals surface area contributed by atoms with Crippen LogP contribution in [0.1, 0.15) is 10.7 Å². The van der Waals surface area contributed by atoms with Gasteiger partial charge in [0.05, 0.1) is 34.3 Å². The Labute approximate surface area is 183 Å². The van der Waals surface area contributed by atoms with Crippen LogP contribution in [0.2, 0.25) is 0 Å². The van der Waals surface area contributed by atoms with Crippen LogP contribution in [0.25, 0.3) is 21.0 Å². The van der Waals surface area contributed by atoms with E-state index in [1.54, 1.807) is 24.5 Å². The molecule has 7 nitrogen and oxygen atoms in total. The topological polar surface area (TPSA) is 71.3 Å². The van der Waals surface area contributed by atoms with Crippen LogP contribution < -0.4 is 5.56 Å². The molecule has 2 aromatic carbocycles. The first-order chi connectivity index (χ1) is 15.1. The first-order valence-corrected chi connectivity index (χ1v) is 11.2. The zero-order valence-electron chi connectivity index (χ0n) is 17.3. The maximum atomic E-state index is 13.0. The summed E-state index contributed by atoms with van der Waals surface area (Å²) in [5.41, 5.74) is 1.56. The highest BCUT2D eigenvalue weighted by atomic mass is 32.1. The number of aryl methyl sites for hydroxylation is 1. The van der Waals surface area contributed by atoms with Crippen molar-refractivity contribution in [2.24, 2.45) is 7.05 Å². The number of carbonyl (C=O) groups excluding carboxylic acids is 1. The van der Waals surface area contributed by atoms with Gasteiger partial charge >= 0.3 is 0 Å². The summed E-state index contributed by atoms with van der Waals surface area (Å²) in [4.78, 5) is 34.2. The van der Waals surface area contributed by atoms with Gasteiger partial charge in [-0.1, -0.05) is 30.3 Å². The van der Waals surface area contributed by atoms with Gasteiger partial charge in [0.1, 0.15) is 5.01 Å². The minimum Gasteiger partial charge on any atom is -0.340 e. The molecule has 158 valence electrons. The lowest BCUT2D eigenvalue weighted by Gasteiger charge is -2.34. The average molecular weight is 434 g/mol. The first kappa shape index (κ1) is 19.8. The Bertz CT molecular complexity index is 1290. The van der Waals surface area contributed by atoms with Crippen LogP contribution in [0.4, 0.5) is 0 Å². The second-order valence-electron chi connectivity index (χ2n) is 7.83. The number of benzene rings is 2. The van der Waals surface area contributed by atoms with Gasteiger partial charge in [-0.05, 0) is 18.2 Å². The molecule has 0 atom stereocenters. The molecule has 3 heterocycles. The molecule has 8 heteroatoms. The van der Waals surface area contributed by atoms with Crippen molar-refractivity contribution in [2.75, 3.05) is 26.2 Å². The van der Waals surface area contributed by atoms with Crippen molar-refractivity contribution < 1.29 is 4.79 Å². The van der Waals surface area contributed by atoms with E-state index in [1.165, 1.54) is 9.38 Å². The van der Waals surface area contributed by atoms with E-state index in [4.69, 9.17) is 4.98 Å². The van der Waals surface area contributed by atoms with Crippen molar-refractivity contribution in [3.05, 3.63) is 69.6 Å². The van der Waals surface area contributed by atoms with E-state index in [0.717, 1.165) is 35.5 Å². The van der Waals surface area contributed by atoms with Gasteiger partial charge in [0, 0.05) is 38.6 Å². The molecule has 1 fully saturated rings. The van der Waals surface area contributed by atoms with E-state index in [0.29, 0.717) is 24.2 Å². The van der Waals surface area contributed by atoms with Gasteiger partial charge in [0.25, 0.3) is 5.56 Å². The van der Waals surface area contributed by atoms with Crippen molar-refractivity contribution in [3.63, 3.8) is 0 Å². The summed E-state index contributed by atoms with van der Waals surface area (Å²) < 4.78 is 2.53. The van der Waals surface area contributed by atoms with Crippen LogP contribution in [-0.2, 0) is 24.8 Å². The molecular formula is C23H23N5O2S. The molecule has 0 saturated carbocycles. The fourth-order valence-electron chi connectivity index (χ4n) is 4.10. The number of piperazine rings is 1. The van der Waals surface area contributed by atoms with Gasteiger partial charge in [-0.3, -0.25) is 14.5 Å². The molecule has 4 aromatic rings. The molecule has 0 unspecified atom stereocenters. The SMILES string of the molecule is Cn1nc(CC(=O)N2CCN(Cc3nc4ccccc4s3)CC2)c2ccccc2c1=O. The van der Waals surface area contributed by atoms with E-state index >= 15 is 0 Å². The number of aromatic nitrogens is 3. The van der Waals surface area contributed by atoms with E-state index < -0.39 is 0 Å². The Morgan fingerprint density at radius 3 is 2.48 bits per heavy atom. The Morgan fingerprint density at radius 1 is 1.00 bits per heavy atom. The lowest BCUT2D eigenvalue weighted by Crippen LogP contribution is -2.48. The lowest BCUT2D eigenvalue weighted by atomic mass is 10.1. The van der Waals surface area contributed by atoms with Crippen molar-refractivity contribution in [2.45, 2.75) is 13.0 Å². The highest BCUT2D eigenvalue weighted by molar-refractivity contribution is 7.18. The molecule has 2 aromatic heterocycles. The smallest absolute Gasteiger partial charge is 0.274 e. The summed E-state index contributed by atoms with van der Waals surface area (Å²) in [6.45, 7) is 3.83. The standard InChI is InChI=1S/C23H23N5O2S/c1-26-23(30)17-7-3-2-6-16(17)19(25-26)14-22(29)28-12-10-27(11-13-28)15-21-24-18-8-4-5-9-20(18)31-21/h2-9H,10-15H2,1H3. The third-order valence-corrected chi connectivity index (χ3v) is 6.79. The van der Waals surface area contributed by atoms with Crippen LogP contribution >= 0.6 is 11.3 Å². The Morgan fingerprint density at radius 2 is 1.71 bits per heavy atom. The summed E-state index contributed by atoms with van der Waals surface area (Å²) in [7, 11) is 1.63. The fraction of sp³-hybridized carbons (Fsp3) is 0.304. The Kier molecular flexibility index (Phi) is 5.25. The predicted molar refractivity (Wildman–Crippen MR) is 122 cm³/mol. The number of carbonyl (C=O) groups is 1. The number of fused-ring (bicyclic) bond motifs is 2. The Hall–Kier alpha value is -3.10. The van der Waals surface area contributed by atoms with Crippen molar-refractivity contribution in [1.29, 1.82) is 0 Å². The van der Waals surface area contributed by atoms with Crippen molar-refractivity contribution in [1.82, 2.24) is 24.6 Å². The zero-order valence-corrected chi connectivity index (χ0v) is 18.1. The molecule has 5 rings (SSSR count). The number of thiazole rings is 1. The summed E-state index contributed by atoms with van der Waals surface area (Å²) in [5.74, 6) is 0.0518. The first-order valence-electron chi connectivity index (χ1n) is 10.4. The highest BCUT2D eigenvalue weighted by Crippen LogP contribution is 2.23. The Balaban J connectivity index is 1.24. The van der Waals surface area contributed by atoms with E-state index in [2.05, 4.69) is 16.1 Å². The number of nitrogens with zero attached hydrogens (tertiary/aromatic N) is 5. The summed E-state index contributed by atoms with van der Waals surface area (Å²) >= 11 is 1.73. The molecule has 0 radical (unpaired) electrons. The van der Waals surface area contributed by atoms with Crippen molar-refractivity contribution >= 4 is 38.2 Å². The van der Waals surface area contributed by atoms with Crippen molar-refractivity contribution in [3.8, 4) is 0 Å². The normalized spacial score (nSPS) is 15.1. The number of para-hydroxylation sites is 1. The van der Waals surface area contributed by atoms with E-state index in [-0.39, 0.29) is 17.9 Å². The van der Waals surface area contributed by atoms with Crippen LogP contribution in [0.5, 0.6) is 0 Å². The van der Waals surface area contributed by atoms with Gasteiger partial charge in [0.15, 0.2) is 0 Å². The van der Waals surface area contributed by atoms with Crippen LogP contribution in [0.15, 0.2) is 53.3 Å². The molecule has 0 aliphatic carbocycles. The van der Waals surface area contributed by atoms with E-state index in [9.17, 15) is 9.59 Å². The molecule has 1 amide bonds. The molecular weight excluding hydrogens is 410 g/mol. The van der Waals surface area contributed by atoms with E-state index in [1.807, 2.05) is 41.3 Å². The van der Waals surface area contributed by atoms with Crippen LogP contribution in [-0.4, -0.2) is 56.7 Å². The number of hydrogen-bond acceptors (Lipinski definition) is 6. The second-order valence-corrected chi connectivity index (χ2v) is 8.95. The molecule has 1 saturated heterocycles. The van der Waals surface area contributed by atoms with Gasteiger partial charge in [0.2, 0.25) is 5.91 Å². The van der Waals surface area contributed by atoms with Crippen LogP contribution in [0.3, 0.4) is 0 Å². The van der Waals surface area contributed by atoms with Gasteiger partial charge in [-0.15, -0.1) is 11.3 Å².